The minimum atomic E-state index is -0.916. The zero-order valence-electron chi connectivity index (χ0n) is 13.8. The third kappa shape index (κ3) is 3.77. The Labute approximate surface area is 149 Å². The number of nitrogens with one attached hydrogen (secondary N) is 1. The molecule has 0 fully saturated rings. The van der Waals surface area contributed by atoms with Gasteiger partial charge in [0.05, 0.1) is 30.3 Å². The Morgan fingerprint density at radius 3 is 2.73 bits per heavy atom. The fraction of sp³-hybridized carbons (Fsp3) is 0.167. The molecule has 8 nitrogen and oxygen atoms in total. The van der Waals surface area contributed by atoms with Crippen molar-refractivity contribution in [3.63, 3.8) is 0 Å². The monoisotopic (exact) mass is 354 g/mol. The van der Waals surface area contributed by atoms with E-state index in [4.69, 9.17) is 5.21 Å². The second kappa shape index (κ2) is 7.87. The van der Waals surface area contributed by atoms with Crippen LogP contribution in [0.4, 0.5) is 0 Å². The van der Waals surface area contributed by atoms with E-state index in [1.807, 2.05) is 22.8 Å². The van der Waals surface area contributed by atoms with Crippen molar-refractivity contribution in [3.05, 3.63) is 54.4 Å². The van der Waals surface area contributed by atoms with Gasteiger partial charge in [-0.2, -0.15) is 0 Å². The van der Waals surface area contributed by atoms with Crippen molar-refractivity contribution in [1.29, 1.82) is 0 Å². The van der Waals surface area contributed by atoms with E-state index in [0.29, 0.717) is 11.3 Å². The van der Waals surface area contributed by atoms with Gasteiger partial charge in [0.1, 0.15) is 5.82 Å². The average molecular weight is 354 g/mol. The van der Waals surface area contributed by atoms with E-state index >= 15 is 0 Å². The molecular formula is C18H18N4O4. The molecule has 0 spiro atoms. The summed E-state index contributed by atoms with van der Waals surface area (Å²) < 4.78 is 1.83. The van der Waals surface area contributed by atoms with Gasteiger partial charge in [0, 0.05) is 24.0 Å². The summed E-state index contributed by atoms with van der Waals surface area (Å²) in [7, 11) is 0. The maximum Gasteiger partial charge on any atom is 0.267 e. The summed E-state index contributed by atoms with van der Waals surface area (Å²) in [5.74, 6) is 0.0169. The number of carbonyl (C=O) groups is 1. The Balaban J connectivity index is 2.08. The van der Waals surface area contributed by atoms with Crippen LogP contribution >= 0.6 is 0 Å². The number of pyridine rings is 1. The second-order valence-electron chi connectivity index (χ2n) is 5.68. The molecule has 3 rings (SSSR count). The number of nitrogens with zero attached hydrogens (tertiary/aromatic N) is 3. The number of benzene rings is 1. The Morgan fingerprint density at radius 2 is 2.04 bits per heavy atom. The normalized spacial score (nSPS) is 12.6. The van der Waals surface area contributed by atoms with Gasteiger partial charge >= 0.3 is 0 Å². The van der Waals surface area contributed by atoms with E-state index in [0.717, 1.165) is 16.6 Å². The van der Waals surface area contributed by atoms with Crippen molar-refractivity contribution in [2.75, 3.05) is 6.61 Å². The van der Waals surface area contributed by atoms with Crippen LogP contribution < -0.4 is 5.48 Å². The van der Waals surface area contributed by atoms with E-state index < -0.39 is 12.0 Å². The van der Waals surface area contributed by atoms with E-state index in [2.05, 4.69) is 9.97 Å². The second-order valence-corrected chi connectivity index (χ2v) is 5.68. The minimum absolute atomic E-state index is 0.187. The van der Waals surface area contributed by atoms with E-state index in [-0.39, 0.29) is 13.2 Å². The van der Waals surface area contributed by atoms with E-state index in [1.54, 1.807) is 30.6 Å². The van der Waals surface area contributed by atoms with Crippen LogP contribution in [0.3, 0.4) is 0 Å². The first kappa shape index (κ1) is 17.7. The number of aromatic nitrogens is 3. The number of aliphatic hydroxyl groups is 2. The summed E-state index contributed by atoms with van der Waals surface area (Å²) in [4.78, 5) is 19.8. The molecule has 134 valence electrons. The first-order valence-electron chi connectivity index (χ1n) is 7.94. The molecule has 8 heteroatoms. The fourth-order valence-corrected chi connectivity index (χ4v) is 2.63. The highest BCUT2D eigenvalue weighted by atomic mass is 16.5. The smallest absolute Gasteiger partial charge is 0.267 e. The summed E-state index contributed by atoms with van der Waals surface area (Å²) in [6.45, 7) is -0.167. The number of amides is 1. The lowest BCUT2D eigenvalue weighted by Crippen LogP contribution is -2.20. The zero-order valence-corrected chi connectivity index (χ0v) is 13.8. The molecule has 1 unspecified atom stereocenters. The number of hydrogen-bond acceptors (Lipinski definition) is 6. The van der Waals surface area contributed by atoms with E-state index in [9.17, 15) is 15.0 Å². The third-order valence-corrected chi connectivity index (χ3v) is 3.85. The standard InChI is InChI=1S/C18H18N4O4/c23-11-14(24)10-22-16-3-1-12(2-4-17(25)21-26)9-15(16)20-18(22)13-5-7-19-8-6-13/h1-9,14,23-24,26H,10-11H2,(H,21,25)/b4-2+. The Kier molecular flexibility index (Phi) is 5.37. The highest BCUT2D eigenvalue weighted by Gasteiger charge is 2.15. The molecule has 0 aliphatic carbocycles. The van der Waals surface area contributed by atoms with Crippen LogP contribution in [0.2, 0.25) is 0 Å². The Hall–Kier alpha value is -3.07. The number of rotatable bonds is 6. The van der Waals surface area contributed by atoms with Crippen LogP contribution in [-0.2, 0) is 11.3 Å². The van der Waals surface area contributed by atoms with Gasteiger partial charge in [-0.3, -0.25) is 15.0 Å². The third-order valence-electron chi connectivity index (χ3n) is 3.85. The molecule has 3 aromatic rings. The number of hydroxylamine groups is 1. The number of aliphatic hydroxyl groups excluding tert-OH is 2. The molecule has 1 aromatic carbocycles. The van der Waals surface area contributed by atoms with Crippen LogP contribution in [0.5, 0.6) is 0 Å². The number of hydrogen-bond donors (Lipinski definition) is 4. The van der Waals surface area contributed by atoms with Crippen LogP contribution in [-0.4, -0.2) is 48.6 Å². The SMILES string of the molecule is O=C(/C=C/c1ccc2c(c1)nc(-c1ccncc1)n2CC(O)CO)NO. The van der Waals surface area contributed by atoms with Crippen molar-refractivity contribution in [2.24, 2.45) is 0 Å². The molecule has 0 saturated heterocycles. The lowest BCUT2D eigenvalue weighted by atomic mass is 10.2. The van der Waals surface area contributed by atoms with Crippen LogP contribution in [0.15, 0.2) is 48.8 Å². The fourth-order valence-electron chi connectivity index (χ4n) is 2.63. The van der Waals surface area contributed by atoms with Gasteiger partial charge in [-0.1, -0.05) is 6.07 Å². The quantitative estimate of drug-likeness (QED) is 0.297. The maximum absolute atomic E-state index is 11.1. The van der Waals surface area contributed by atoms with Gasteiger partial charge in [0.15, 0.2) is 0 Å². The lowest BCUT2D eigenvalue weighted by molar-refractivity contribution is -0.124. The average Bonchev–Trinajstić information content (AvgIpc) is 3.04. The number of carbonyl (C=O) groups excluding carboxylic acids is 1. The van der Waals surface area contributed by atoms with Crippen molar-refractivity contribution in [3.8, 4) is 11.4 Å². The van der Waals surface area contributed by atoms with Crippen LogP contribution in [0, 0.1) is 0 Å². The summed E-state index contributed by atoms with van der Waals surface area (Å²) in [6, 6.07) is 9.05. The van der Waals surface area contributed by atoms with Gasteiger partial charge in [-0.25, -0.2) is 10.5 Å². The molecule has 1 atom stereocenters. The molecule has 0 bridgehead atoms. The molecule has 0 aliphatic rings. The largest absolute Gasteiger partial charge is 0.394 e. The molecule has 0 radical (unpaired) electrons. The van der Waals surface area contributed by atoms with Crippen LogP contribution in [0.1, 0.15) is 5.56 Å². The molecule has 2 heterocycles. The molecule has 1 amide bonds. The zero-order chi connectivity index (χ0) is 18.5. The first-order chi connectivity index (χ1) is 12.6. The molecule has 0 aliphatic heterocycles. The maximum atomic E-state index is 11.1. The number of imidazole rings is 1. The topological polar surface area (TPSA) is 121 Å². The predicted octanol–water partition coefficient (Wildman–Crippen LogP) is 0.970. The molecule has 26 heavy (non-hydrogen) atoms. The van der Waals surface area contributed by atoms with Gasteiger partial charge in [-0.15, -0.1) is 0 Å². The van der Waals surface area contributed by atoms with Gasteiger partial charge in [0.25, 0.3) is 5.91 Å². The summed E-state index contributed by atoms with van der Waals surface area (Å²) >= 11 is 0. The Bertz CT molecular complexity index is 937. The van der Waals surface area contributed by atoms with Gasteiger partial charge in [-0.05, 0) is 35.9 Å². The predicted molar refractivity (Wildman–Crippen MR) is 95.0 cm³/mol. The molecule has 0 saturated carbocycles. The lowest BCUT2D eigenvalue weighted by Gasteiger charge is -2.12. The molecular weight excluding hydrogens is 336 g/mol. The first-order valence-corrected chi connectivity index (χ1v) is 7.94. The van der Waals surface area contributed by atoms with Crippen molar-refractivity contribution in [1.82, 2.24) is 20.0 Å². The van der Waals surface area contributed by atoms with E-state index in [1.165, 1.54) is 11.6 Å². The summed E-state index contributed by atoms with van der Waals surface area (Å²) in [6.07, 6.45) is 5.16. The Morgan fingerprint density at radius 1 is 1.27 bits per heavy atom. The summed E-state index contributed by atoms with van der Waals surface area (Å²) in [5, 5.41) is 27.6. The summed E-state index contributed by atoms with van der Waals surface area (Å²) in [5.41, 5.74) is 4.55. The van der Waals surface area contributed by atoms with Crippen molar-refractivity contribution >= 4 is 23.0 Å². The van der Waals surface area contributed by atoms with Crippen LogP contribution in [0.25, 0.3) is 28.5 Å². The molecule has 2 aromatic heterocycles. The highest BCUT2D eigenvalue weighted by molar-refractivity contribution is 5.91. The van der Waals surface area contributed by atoms with Gasteiger partial charge in [0.2, 0.25) is 0 Å². The minimum Gasteiger partial charge on any atom is -0.394 e. The number of fused-ring (bicyclic) bond motifs is 1. The highest BCUT2D eigenvalue weighted by Crippen LogP contribution is 2.26. The van der Waals surface area contributed by atoms with Crippen molar-refractivity contribution < 1.29 is 20.2 Å². The van der Waals surface area contributed by atoms with Gasteiger partial charge < -0.3 is 14.8 Å². The van der Waals surface area contributed by atoms with Crippen molar-refractivity contribution in [2.45, 2.75) is 12.6 Å². The molecule has 4 N–H and O–H groups in total.